The van der Waals surface area contributed by atoms with E-state index in [1.54, 1.807) is 0 Å². The lowest BCUT2D eigenvalue weighted by Gasteiger charge is -2.20. The van der Waals surface area contributed by atoms with E-state index in [1.165, 1.54) is 12.8 Å². The van der Waals surface area contributed by atoms with E-state index in [4.69, 9.17) is 0 Å². The first-order chi connectivity index (χ1) is 6.92. The van der Waals surface area contributed by atoms with E-state index in [9.17, 15) is 4.79 Å². The summed E-state index contributed by atoms with van der Waals surface area (Å²) in [7, 11) is 0. The first kappa shape index (κ1) is 9.06. The number of carbonyl (C=O) groups is 1. The summed E-state index contributed by atoms with van der Waals surface area (Å²) >= 11 is 0. The van der Waals surface area contributed by atoms with Gasteiger partial charge in [0, 0.05) is 13.1 Å². The molecule has 1 fully saturated rings. The van der Waals surface area contributed by atoms with E-state index < -0.39 is 0 Å². The molecule has 0 atom stereocenters. The van der Waals surface area contributed by atoms with Crippen molar-refractivity contribution in [3.8, 4) is 0 Å². The van der Waals surface area contributed by atoms with E-state index in [-0.39, 0.29) is 0 Å². The summed E-state index contributed by atoms with van der Waals surface area (Å²) in [5, 5.41) is 2.73. The molecule has 14 heavy (non-hydrogen) atoms. The number of amides is 1. The van der Waals surface area contributed by atoms with Gasteiger partial charge in [0.05, 0.1) is 11.4 Å². The van der Waals surface area contributed by atoms with Crippen LogP contribution in [0.25, 0.3) is 0 Å². The van der Waals surface area contributed by atoms with Gasteiger partial charge in [0.1, 0.15) is 0 Å². The highest BCUT2D eigenvalue weighted by Gasteiger charge is 2.14. The summed E-state index contributed by atoms with van der Waals surface area (Å²) in [4.78, 5) is 12.7. The van der Waals surface area contributed by atoms with E-state index >= 15 is 0 Å². The van der Waals surface area contributed by atoms with Crippen LogP contribution in [0.15, 0.2) is 24.3 Å². The Balaban J connectivity index is 2.25. The van der Waals surface area contributed by atoms with Crippen molar-refractivity contribution in [2.75, 3.05) is 23.3 Å². The highest BCUT2D eigenvalue weighted by Crippen LogP contribution is 2.27. The second kappa shape index (κ2) is 4.13. The maximum atomic E-state index is 10.4. The maximum Gasteiger partial charge on any atom is 0.211 e. The molecule has 1 aromatic carbocycles. The molecule has 3 nitrogen and oxygen atoms in total. The van der Waals surface area contributed by atoms with E-state index in [0.29, 0.717) is 0 Å². The quantitative estimate of drug-likeness (QED) is 0.738. The van der Waals surface area contributed by atoms with Crippen LogP contribution in [-0.4, -0.2) is 19.5 Å². The Bertz CT molecular complexity index is 319. The summed E-state index contributed by atoms with van der Waals surface area (Å²) in [5.74, 6) is 0. The zero-order chi connectivity index (χ0) is 9.80. The Morgan fingerprint density at radius 1 is 1.21 bits per heavy atom. The lowest BCUT2D eigenvalue weighted by atomic mass is 10.2. The summed E-state index contributed by atoms with van der Waals surface area (Å²) in [6.07, 6.45) is 3.22. The van der Waals surface area contributed by atoms with Crippen LogP contribution in [0.3, 0.4) is 0 Å². The molecular weight excluding hydrogens is 176 g/mol. The van der Waals surface area contributed by atoms with Crippen molar-refractivity contribution in [2.45, 2.75) is 12.8 Å². The summed E-state index contributed by atoms with van der Waals surface area (Å²) < 4.78 is 0. The van der Waals surface area contributed by atoms with Crippen LogP contribution in [0.2, 0.25) is 0 Å². The molecule has 1 aliphatic rings. The highest BCUT2D eigenvalue weighted by atomic mass is 16.1. The summed E-state index contributed by atoms with van der Waals surface area (Å²) in [5.41, 5.74) is 2.04. The Hall–Kier alpha value is -1.51. The van der Waals surface area contributed by atoms with Crippen molar-refractivity contribution in [1.82, 2.24) is 0 Å². The van der Waals surface area contributed by atoms with Gasteiger partial charge < -0.3 is 10.2 Å². The molecule has 1 aliphatic heterocycles. The molecule has 1 aromatic rings. The molecule has 0 spiro atoms. The van der Waals surface area contributed by atoms with Crippen LogP contribution < -0.4 is 10.2 Å². The van der Waals surface area contributed by atoms with Crippen molar-refractivity contribution in [2.24, 2.45) is 0 Å². The standard InChI is InChI=1S/C11H14N2O/c14-9-12-10-5-1-2-6-11(10)13-7-3-4-8-13/h1-2,5-6,9H,3-4,7-8H2,(H,12,14). The minimum Gasteiger partial charge on any atom is -0.370 e. The molecule has 0 saturated carbocycles. The second-order valence-corrected chi connectivity index (χ2v) is 3.47. The van der Waals surface area contributed by atoms with Crippen LogP contribution >= 0.6 is 0 Å². The molecule has 74 valence electrons. The lowest BCUT2D eigenvalue weighted by molar-refractivity contribution is -0.105. The van der Waals surface area contributed by atoms with Gasteiger partial charge in [0.2, 0.25) is 6.41 Å². The molecule has 1 amide bonds. The van der Waals surface area contributed by atoms with Crippen LogP contribution in [0.1, 0.15) is 12.8 Å². The van der Waals surface area contributed by atoms with E-state index in [1.807, 2.05) is 18.2 Å². The van der Waals surface area contributed by atoms with Gasteiger partial charge >= 0.3 is 0 Å². The molecule has 1 heterocycles. The number of rotatable bonds is 3. The van der Waals surface area contributed by atoms with Crippen LogP contribution in [0.4, 0.5) is 11.4 Å². The Labute approximate surface area is 83.7 Å². The lowest BCUT2D eigenvalue weighted by Crippen LogP contribution is -2.19. The van der Waals surface area contributed by atoms with Gasteiger partial charge in [0.25, 0.3) is 0 Å². The molecule has 1 saturated heterocycles. The minimum absolute atomic E-state index is 0.731. The second-order valence-electron chi connectivity index (χ2n) is 3.47. The number of benzene rings is 1. The summed E-state index contributed by atoms with van der Waals surface area (Å²) in [6.45, 7) is 2.19. The van der Waals surface area contributed by atoms with Gasteiger partial charge in [-0.25, -0.2) is 0 Å². The fourth-order valence-corrected chi connectivity index (χ4v) is 1.89. The monoisotopic (exact) mass is 190 g/mol. The Morgan fingerprint density at radius 3 is 2.64 bits per heavy atom. The number of nitrogens with one attached hydrogen (secondary N) is 1. The van der Waals surface area contributed by atoms with Gasteiger partial charge in [-0.05, 0) is 25.0 Å². The van der Waals surface area contributed by atoms with Gasteiger partial charge in [-0.1, -0.05) is 12.1 Å². The van der Waals surface area contributed by atoms with Crippen LogP contribution in [0, 0.1) is 0 Å². The molecule has 0 unspecified atom stereocenters. The first-order valence-electron chi connectivity index (χ1n) is 4.96. The third kappa shape index (κ3) is 1.71. The molecule has 1 N–H and O–H groups in total. The van der Waals surface area contributed by atoms with Gasteiger partial charge in [0.15, 0.2) is 0 Å². The van der Waals surface area contributed by atoms with Crippen LogP contribution in [0.5, 0.6) is 0 Å². The number of carbonyl (C=O) groups excluding carboxylic acids is 1. The zero-order valence-corrected chi connectivity index (χ0v) is 8.07. The van der Waals surface area contributed by atoms with Gasteiger partial charge in [-0.15, -0.1) is 0 Å². The summed E-state index contributed by atoms with van der Waals surface area (Å²) in [6, 6.07) is 7.92. The molecule has 2 rings (SSSR count). The molecule has 0 aromatic heterocycles. The topological polar surface area (TPSA) is 32.3 Å². The van der Waals surface area contributed by atoms with Gasteiger partial charge in [-0.2, -0.15) is 0 Å². The third-order valence-electron chi connectivity index (χ3n) is 2.57. The van der Waals surface area contributed by atoms with Gasteiger partial charge in [-0.3, -0.25) is 4.79 Å². The highest BCUT2D eigenvalue weighted by molar-refractivity contribution is 5.81. The van der Waals surface area contributed by atoms with Crippen molar-refractivity contribution < 1.29 is 4.79 Å². The third-order valence-corrected chi connectivity index (χ3v) is 2.57. The normalized spacial score (nSPS) is 15.6. The van der Waals surface area contributed by atoms with E-state index in [0.717, 1.165) is 30.9 Å². The fraction of sp³-hybridized carbons (Fsp3) is 0.364. The largest absolute Gasteiger partial charge is 0.370 e. The molecule has 3 heteroatoms. The molecule has 0 bridgehead atoms. The van der Waals surface area contributed by atoms with Crippen molar-refractivity contribution in [3.63, 3.8) is 0 Å². The van der Waals surface area contributed by atoms with E-state index in [2.05, 4.69) is 16.3 Å². The SMILES string of the molecule is O=CNc1ccccc1N1CCCC1. The number of hydrogen-bond acceptors (Lipinski definition) is 2. The molecule has 0 radical (unpaired) electrons. The predicted octanol–water partition coefficient (Wildman–Crippen LogP) is 1.86. The first-order valence-corrected chi connectivity index (χ1v) is 4.96. The predicted molar refractivity (Wildman–Crippen MR) is 57.6 cm³/mol. The smallest absolute Gasteiger partial charge is 0.211 e. The Kier molecular flexibility index (Phi) is 2.68. The minimum atomic E-state index is 0.731. The molecular formula is C11H14N2O. The number of para-hydroxylation sites is 2. The number of anilines is 2. The van der Waals surface area contributed by atoms with Crippen molar-refractivity contribution in [1.29, 1.82) is 0 Å². The zero-order valence-electron chi connectivity index (χ0n) is 8.07. The number of hydrogen-bond donors (Lipinski definition) is 1. The maximum absolute atomic E-state index is 10.4. The van der Waals surface area contributed by atoms with Crippen LogP contribution in [-0.2, 0) is 4.79 Å². The number of nitrogens with zero attached hydrogens (tertiary/aromatic N) is 1. The average molecular weight is 190 g/mol. The Morgan fingerprint density at radius 2 is 1.93 bits per heavy atom. The fourth-order valence-electron chi connectivity index (χ4n) is 1.89. The van der Waals surface area contributed by atoms with Crippen molar-refractivity contribution in [3.05, 3.63) is 24.3 Å². The average Bonchev–Trinajstić information content (AvgIpc) is 2.72. The van der Waals surface area contributed by atoms with Crippen molar-refractivity contribution >= 4 is 17.8 Å². The molecule has 0 aliphatic carbocycles.